The van der Waals surface area contributed by atoms with Crippen LogP contribution in [0.5, 0.6) is 17.2 Å². The fourth-order valence-corrected chi connectivity index (χ4v) is 5.16. The number of nitrogens with one attached hydrogen (secondary N) is 1. The minimum absolute atomic E-state index is 0.121. The maximum Gasteiger partial charge on any atom is 0.346 e. The van der Waals surface area contributed by atoms with Crippen LogP contribution in [0.1, 0.15) is 32.5 Å². The van der Waals surface area contributed by atoms with Crippen molar-refractivity contribution in [2.24, 2.45) is 5.73 Å². The Morgan fingerprint density at radius 2 is 1.85 bits per heavy atom. The van der Waals surface area contributed by atoms with E-state index >= 15 is 0 Å². The lowest BCUT2D eigenvalue weighted by atomic mass is 9.88. The quantitative estimate of drug-likeness (QED) is 0.447. The van der Waals surface area contributed by atoms with Crippen molar-refractivity contribution in [3.05, 3.63) is 57.8 Å². The van der Waals surface area contributed by atoms with Gasteiger partial charge in [0.25, 0.3) is 5.91 Å². The molecule has 10 heteroatoms. The fraction of sp³-hybridized carbons (Fsp3) is 0.208. The van der Waals surface area contributed by atoms with E-state index in [-0.39, 0.29) is 23.8 Å². The van der Waals surface area contributed by atoms with Gasteiger partial charge in [-0.25, -0.2) is 4.79 Å². The van der Waals surface area contributed by atoms with Gasteiger partial charge in [-0.2, -0.15) is 0 Å². The van der Waals surface area contributed by atoms with Gasteiger partial charge in [0.15, 0.2) is 18.1 Å². The lowest BCUT2D eigenvalue weighted by molar-refractivity contribution is -0.120. The summed E-state index contributed by atoms with van der Waals surface area (Å²) in [6.07, 6.45) is 0.121. The largest absolute Gasteiger partial charge is 0.497 e. The zero-order valence-corrected chi connectivity index (χ0v) is 19.2. The molecule has 1 aromatic heterocycles. The normalized spacial score (nSPS) is 14.6. The maximum atomic E-state index is 12.7. The minimum atomic E-state index is -1.08. The molecule has 0 unspecified atom stereocenters. The van der Waals surface area contributed by atoms with Crippen LogP contribution in [0.2, 0.25) is 0 Å². The number of thiophene rings is 1. The van der Waals surface area contributed by atoms with Crippen molar-refractivity contribution < 1.29 is 33.7 Å². The molecule has 0 saturated heterocycles. The molecule has 4 N–H and O–H groups in total. The molecule has 1 aliphatic heterocycles. The number of methoxy groups -OCH3 is 2. The molecule has 0 saturated carbocycles. The number of anilines is 1. The van der Waals surface area contributed by atoms with Crippen molar-refractivity contribution in [2.75, 3.05) is 26.1 Å². The van der Waals surface area contributed by atoms with E-state index in [1.165, 1.54) is 7.11 Å². The third kappa shape index (κ3) is 4.40. The molecule has 4 rings (SSSR count). The summed E-state index contributed by atoms with van der Waals surface area (Å²) in [5.41, 5.74) is 7.49. The Hall–Kier alpha value is -4.05. The van der Waals surface area contributed by atoms with E-state index in [0.717, 1.165) is 16.9 Å². The third-order valence-electron chi connectivity index (χ3n) is 5.44. The molecule has 9 nitrogen and oxygen atoms in total. The molecule has 0 bridgehead atoms. The SMILES string of the molecule is COc1ccc(-c2c(C(=O)O)sc3c2NC(=O)C[C@@H]3c2ccc(OC)c(OCC(N)=O)c2)cc1. The smallest absolute Gasteiger partial charge is 0.346 e. The lowest BCUT2D eigenvalue weighted by Gasteiger charge is -2.24. The zero-order chi connectivity index (χ0) is 24.4. The summed E-state index contributed by atoms with van der Waals surface area (Å²) in [7, 11) is 3.02. The van der Waals surface area contributed by atoms with Crippen molar-refractivity contribution in [1.82, 2.24) is 0 Å². The van der Waals surface area contributed by atoms with Gasteiger partial charge in [-0.15, -0.1) is 11.3 Å². The van der Waals surface area contributed by atoms with Crippen LogP contribution < -0.4 is 25.3 Å². The highest BCUT2D eigenvalue weighted by Crippen LogP contribution is 2.50. The van der Waals surface area contributed by atoms with E-state index in [0.29, 0.717) is 38.9 Å². The molecule has 34 heavy (non-hydrogen) atoms. The molecule has 0 fully saturated rings. The van der Waals surface area contributed by atoms with Crippen molar-refractivity contribution in [3.63, 3.8) is 0 Å². The summed E-state index contributed by atoms with van der Waals surface area (Å²) < 4.78 is 16.0. The number of hydrogen-bond donors (Lipinski definition) is 3. The first-order valence-electron chi connectivity index (χ1n) is 10.3. The molecular weight excluding hydrogens is 460 g/mol. The summed E-state index contributed by atoms with van der Waals surface area (Å²) in [6, 6.07) is 12.1. The first-order chi connectivity index (χ1) is 16.3. The number of aromatic carboxylic acids is 1. The number of nitrogens with two attached hydrogens (primary N) is 1. The predicted molar refractivity (Wildman–Crippen MR) is 126 cm³/mol. The molecule has 1 aliphatic rings. The second kappa shape index (κ2) is 9.44. The van der Waals surface area contributed by atoms with Crippen LogP contribution in [-0.4, -0.2) is 43.7 Å². The standard InChI is InChI=1S/C24H22N2O7S/c1-31-14-6-3-12(4-7-14)20-21-22(34-23(20)24(29)30)15(10-19(28)26-21)13-5-8-16(32-2)17(9-13)33-11-18(25)27/h3-9,15H,10-11H2,1-2H3,(H2,25,27)(H,26,28)(H,29,30)/t15-/m1/s1. The number of carboxylic acid groups (broad SMARTS) is 1. The predicted octanol–water partition coefficient (Wildman–Crippen LogP) is 3.47. The van der Waals surface area contributed by atoms with E-state index < -0.39 is 17.8 Å². The highest BCUT2D eigenvalue weighted by molar-refractivity contribution is 7.15. The van der Waals surface area contributed by atoms with Gasteiger partial charge in [0.05, 0.1) is 19.9 Å². The summed E-state index contributed by atoms with van der Waals surface area (Å²) in [5, 5.41) is 12.8. The van der Waals surface area contributed by atoms with Gasteiger partial charge >= 0.3 is 5.97 Å². The average Bonchev–Trinajstić information content (AvgIpc) is 3.21. The number of benzene rings is 2. The highest BCUT2D eigenvalue weighted by atomic mass is 32.1. The van der Waals surface area contributed by atoms with Gasteiger partial charge < -0.3 is 30.4 Å². The van der Waals surface area contributed by atoms with Crippen LogP contribution in [0.15, 0.2) is 42.5 Å². The molecule has 0 radical (unpaired) electrons. The van der Waals surface area contributed by atoms with Crippen LogP contribution in [0, 0.1) is 0 Å². The van der Waals surface area contributed by atoms with Crippen LogP contribution in [0.4, 0.5) is 5.69 Å². The summed E-state index contributed by atoms with van der Waals surface area (Å²) in [5.74, 6) is -1.04. The Balaban J connectivity index is 1.83. The van der Waals surface area contributed by atoms with E-state index in [4.69, 9.17) is 19.9 Å². The minimum Gasteiger partial charge on any atom is -0.497 e. The van der Waals surface area contributed by atoms with Crippen LogP contribution >= 0.6 is 11.3 Å². The number of carboxylic acids is 1. The third-order valence-corrected chi connectivity index (χ3v) is 6.73. The Bertz CT molecular complexity index is 1270. The second-order valence-corrected chi connectivity index (χ2v) is 8.60. The number of fused-ring (bicyclic) bond motifs is 1. The first-order valence-corrected chi connectivity index (χ1v) is 11.1. The molecule has 1 atom stereocenters. The van der Waals surface area contributed by atoms with Gasteiger partial charge in [0, 0.05) is 22.8 Å². The molecule has 176 valence electrons. The van der Waals surface area contributed by atoms with Gasteiger partial charge in [-0.1, -0.05) is 18.2 Å². The van der Waals surface area contributed by atoms with E-state index in [1.54, 1.807) is 49.6 Å². The fourth-order valence-electron chi connectivity index (χ4n) is 3.91. The number of amides is 2. The summed E-state index contributed by atoms with van der Waals surface area (Å²) in [6.45, 7) is -0.333. The van der Waals surface area contributed by atoms with E-state index in [1.807, 2.05) is 0 Å². The van der Waals surface area contributed by atoms with E-state index in [9.17, 15) is 19.5 Å². The van der Waals surface area contributed by atoms with Crippen molar-refractivity contribution in [1.29, 1.82) is 0 Å². The molecule has 0 aliphatic carbocycles. The van der Waals surface area contributed by atoms with E-state index in [2.05, 4.69) is 5.32 Å². The average molecular weight is 483 g/mol. The van der Waals surface area contributed by atoms with Crippen LogP contribution in [0.25, 0.3) is 11.1 Å². The Kier molecular flexibility index (Phi) is 6.42. The molecule has 2 heterocycles. The number of hydrogen-bond acceptors (Lipinski definition) is 7. The number of rotatable bonds is 8. The maximum absolute atomic E-state index is 12.7. The van der Waals surface area contributed by atoms with Gasteiger partial charge in [0.1, 0.15) is 10.6 Å². The Labute approximate surface area is 199 Å². The topological polar surface area (TPSA) is 137 Å². The molecule has 2 amide bonds. The zero-order valence-electron chi connectivity index (χ0n) is 18.4. The number of ether oxygens (including phenoxy) is 3. The van der Waals surface area contributed by atoms with Crippen LogP contribution in [-0.2, 0) is 9.59 Å². The molecule has 2 aromatic carbocycles. The van der Waals surface area contributed by atoms with Crippen molar-refractivity contribution >= 4 is 34.8 Å². The number of carbonyl (C=O) groups excluding carboxylic acids is 2. The van der Waals surface area contributed by atoms with Gasteiger partial charge in [0.2, 0.25) is 5.91 Å². The van der Waals surface area contributed by atoms with Gasteiger partial charge in [-0.3, -0.25) is 9.59 Å². The highest BCUT2D eigenvalue weighted by Gasteiger charge is 2.35. The molecule has 0 spiro atoms. The van der Waals surface area contributed by atoms with Crippen LogP contribution in [0.3, 0.4) is 0 Å². The molecule has 3 aromatic rings. The number of primary amides is 1. The second-order valence-electron chi connectivity index (χ2n) is 7.55. The molecular formula is C24H22N2O7S. The Morgan fingerprint density at radius 1 is 1.12 bits per heavy atom. The lowest BCUT2D eigenvalue weighted by Crippen LogP contribution is -2.23. The summed E-state index contributed by atoms with van der Waals surface area (Å²) in [4.78, 5) is 36.9. The van der Waals surface area contributed by atoms with Crippen molar-refractivity contribution in [2.45, 2.75) is 12.3 Å². The first kappa shape index (κ1) is 23.1. The van der Waals surface area contributed by atoms with Crippen molar-refractivity contribution in [3.8, 4) is 28.4 Å². The Morgan fingerprint density at radius 3 is 2.47 bits per heavy atom. The monoisotopic (exact) mass is 482 g/mol. The number of carbonyl (C=O) groups is 3. The summed E-state index contributed by atoms with van der Waals surface area (Å²) >= 11 is 1.12. The van der Waals surface area contributed by atoms with Gasteiger partial charge in [-0.05, 0) is 35.4 Å².